The van der Waals surface area contributed by atoms with Crippen LogP contribution in [-0.4, -0.2) is 48.8 Å². The van der Waals surface area contributed by atoms with Crippen molar-refractivity contribution in [2.75, 3.05) is 23.4 Å². The number of sulfone groups is 1. The van der Waals surface area contributed by atoms with E-state index in [1.54, 1.807) is 12.1 Å². The van der Waals surface area contributed by atoms with E-state index >= 15 is 0 Å². The molecular formula is C21H23N3O3S2. The van der Waals surface area contributed by atoms with Gasteiger partial charge >= 0.3 is 0 Å². The fraction of sp³-hybridized carbons (Fsp3) is 0.333. The van der Waals surface area contributed by atoms with Crippen molar-refractivity contribution in [3.05, 3.63) is 65.2 Å². The number of rotatable bonds is 5. The zero-order chi connectivity index (χ0) is 20.4. The summed E-state index contributed by atoms with van der Waals surface area (Å²) in [6.07, 6.45) is 0.782. The monoisotopic (exact) mass is 429 g/mol. The zero-order valence-corrected chi connectivity index (χ0v) is 17.7. The first-order valence-corrected chi connectivity index (χ1v) is 12.2. The van der Waals surface area contributed by atoms with Gasteiger partial charge in [-0.05, 0) is 37.1 Å². The molecule has 2 aliphatic heterocycles. The molecule has 0 bridgehead atoms. The number of carbonyl (C=O) groups excluding carboxylic acids is 1. The fourth-order valence-electron chi connectivity index (χ4n) is 3.57. The summed E-state index contributed by atoms with van der Waals surface area (Å²) in [7, 11) is -2.96. The molecule has 0 radical (unpaired) electrons. The van der Waals surface area contributed by atoms with E-state index in [1.807, 2.05) is 18.2 Å². The van der Waals surface area contributed by atoms with Gasteiger partial charge in [-0.25, -0.2) is 8.42 Å². The van der Waals surface area contributed by atoms with Gasteiger partial charge in [-0.1, -0.05) is 47.7 Å². The first kappa shape index (κ1) is 20.0. The number of anilines is 1. The Labute approximate surface area is 175 Å². The minimum absolute atomic E-state index is 0.00407. The van der Waals surface area contributed by atoms with Crippen molar-refractivity contribution in [1.82, 2.24) is 5.32 Å². The molecule has 2 aliphatic rings. The van der Waals surface area contributed by atoms with Gasteiger partial charge in [0.05, 0.1) is 17.5 Å². The number of aryl methyl sites for hydroxylation is 1. The number of hydrogen-bond donors (Lipinski definition) is 2. The largest absolute Gasteiger partial charge is 0.352 e. The number of carbonyl (C=O) groups is 1. The second-order valence-electron chi connectivity index (χ2n) is 7.44. The van der Waals surface area contributed by atoms with Gasteiger partial charge in [0.15, 0.2) is 15.0 Å². The number of amides is 1. The predicted molar refractivity (Wildman–Crippen MR) is 119 cm³/mol. The molecule has 2 aromatic rings. The Bertz CT molecular complexity index is 1070. The van der Waals surface area contributed by atoms with Crippen LogP contribution in [0.1, 0.15) is 21.5 Å². The van der Waals surface area contributed by atoms with Crippen molar-refractivity contribution in [3.63, 3.8) is 0 Å². The maximum atomic E-state index is 12.5. The number of hydrogen-bond acceptors (Lipinski definition) is 6. The van der Waals surface area contributed by atoms with Gasteiger partial charge in [0.1, 0.15) is 0 Å². The highest BCUT2D eigenvalue weighted by atomic mass is 32.2. The molecule has 0 unspecified atom stereocenters. The number of fused-ring (bicyclic) bond motifs is 1. The maximum Gasteiger partial charge on any atom is 0.251 e. The number of nitrogens with zero attached hydrogens (tertiary/aromatic N) is 1. The summed E-state index contributed by atoms with van der Waals surface area (Å²) in [5.74, 6) is 0.185. The average molecular weight is 430 g/mol. The summed E-state index contributed by atoms with van der Waals surface area (Å²) < 4.78 is 23.3. The molecule has 0 aromatic heterocycles. The van der Waals surface area contributed by atoms with Crippen LogP contribution in [0.15, 0.2) is 53.5 Å². The highest BCUT2D eigenvalue weighted by molar-refractivity contribution is 8.15. The molecule has 2 N–H and O–H groups in total. The third kappa shape index (κ3) is 5.00. The maximum absolute atomic E-state index is 12.5. The molecule has 0 aliphatic carbocycles. The Morgan fingerprint density at radius 1 is 1.17 bits per heavy atom. The summed E-state index contributed by atoms with van der Waals surface area (Å²) in [6.45, 7) is 2.62. The van der Waals surface area contributed by atoms with E-state index in [2.05, 4.69) is 40.7 Å². The lowest BCUT2D eigenvalue weighted by Crippen LogP contribution is -2.25. The minimum Gasteiger partial charge on any atom is -0.352 e. The Morgan fingerprint density at radius 3 is 2.79 bits per heavy atom. The van der Waals surface area contributed by atoms with Gasteiger partial charge in [-0.15, -0.1) is 0 Å². The molecule has 2 aromatic carbocycles. The topological polar surface area (TPSA) is 87.6 Å². The van der Waals surface area contributed by atoms with Crippen LogP contribution in [0.25, 0.3) is 0 Å². The van der Waals surface area contributed by atoms with Crippen molar-refractivity contribution in [2.45, 2.75) is 24.6 Å². The smallest absolute Gasteiger partial charge is 0.251 e. The van der Waals surface area contributed by atoms with Gasteiger partial charge in [0.25, 0.3) is 5.91 Å². The number of nitrogens with one attached hydrogen (secondary N) is 2. The summed E-state index contributed by atoms with van der Waals surface area (Å²) in [4.78, 5) is 17.0. The number of amidine groups is 1. The minimum atomic E-state index is -2.96. The molecule has 1 fully saturated rings. The highest BCUT2D eigenvalue weighted by Crippen LogP contribution is 2.34. The van der Waals surface area contributed by atoms with Crippen LogP contribution in [0.2, 0.25) is 0 Å². The fourth-order valence-corrected chi connectivity index (χ4v) is 7.24. The van der Waals surface area contributed by atoms with Crippen molar-refractivity contribution in [2.24, 2.45) is 4.99 Å². The molecule has 1 saturated heterocycles. The lowest BCUT2D eigenvalue weighted by Gasteiger charge is -2.10. The van der Waals surface area contributed by atoms with Gasteiger partial charge in [0.2, 0.25) is 0 Å². The van der Waals surface area contributed by atoms with Crippen molar-refractivity contribution in [3.8, 4) is 0 Å². The summed E-state index contributed by atoms with van der Waals surface area (Å²) in [6, 6.07) is 15.4. The third-order valence-electron chi connectivity index (χ3n) is 4.98. The van der Waals surface area contributed by atoms with E-state index in [9.17, 15) is 13.2 Å². The molecule has 4 rings (SSSR count). The molecule has 2 atom stereocenters. The molecule has 0 saturated carbocycles. The summed E-state index contributed by atoms with van der Waals surface area (Å²) in [5, 5.41) is 6.89. The highest BCUT2D eigenvalue weighted by Gasteiger charge is 2.42. The molecule has 8 heteroatoms. The zero-order valence-electron chi connectivity index (χ0n) is 16.1. The second kappa shape index (κ2) is 8.20. The quantitative estimate of drug-likeness (QED) is 0.763. The number of aliphatic imine (C=N–C) groups is 1. The van der Waals surface area contributed by atoms with Gasteiger partial charge < -0.3 is 10.6 Å². The van der Waals surface area contributed by atoms with Gasteiger partial charge in [0, 0.05) is 23.0 Å². The Hall–Kier alpha value is -2.32. The normalized spacial score (nSPS) is 22.0. The van der Waals surface area contributed by atoms with Crippen molar-refractivity contribution < 1.29 is 13.2 Å². The second-order valence-corrected chi connectivity index (χ2v) is 10.8. The molecule has 152 valence electrons. The Kier molecular flexibility index (Phi) is 5.65. The van der Waals surface area contributed by atoms with E-state index in [-0.39, 0.29) is 28.7 Å². The molecular weight excluding hydrogens is 406 g/mol. The standard InChI is InChI=1S/C21H23N3O3S2/c1-14-4-2-5-15(10-14)8-9-22-20(25)16-6-3-7-17(11-16)23-21-24-18-12-29(26,27)13-19(18)28-21/h2-7,10-11,18-19H,8-9,12-13H2,1H3,(H,22,25)(H,23,24)/t18-,19-/m1/s1. The first-order chi connectivity index (χ1) is 13.9. The Balaban J connectivity index is 1.33. The van der Waals surface area contributed by atoms with Crippen LogP contribution in [-0.2, 0) is 16.3 Å². The van der Waals surface area contributed by atoms with Crippen LogP contribution in [0, 0.1) is 6.92 Å². The molecule has 2 heterocycles. The van der Waals surface area contributed by atoms with Crippen LogP contribution in [0.4, 0.5) is 5.69 Å². The van der Waals surface area contributed by atoms with Gasteiger partial charge in [-0.2, -0.15) is 0 Å². The number of thioether (sulfide) groups is 1. The lowest BCUT2D eigenvalue weighted by atomic mass is 10.1. The Morgan fingerprint density at radius 2 is 2.00 bits per heavy atom. The van der Waals surface area contributed by atoms with Crippen LogP contribution < -0.4 is 10.6 Å². The lowest BCUT2D eigenvalue weighted by molar-refractivity contribution is 0.0954. The van der Waals surface area contributed by atoms with E-state index in [4.69, 9.17) is 0 Å². The van der Waals surface area contributed by atoms with E-state index in [0.29, 0.717) is 17.3 Å². The third-order valence-corrected chi connectivity index (χ3v) is 8.12. The van der Waals surface area contributed by atoms with Crippen molar-refractivity contribution >= 4 is 38.4 Å². The summed E-state index contributed by atoms with van der Waals surface area (Å²) >= 11 is 1.46. The molecule has 29 heavy (non-hydrogen) atoms. The van der Waals surface area contributed by atoms with E-state index < -0.39 is 9.84 Å². The predicted octanol–water partition coefficient (Wildman–Crippen LogP) is 2.65. The number of benzene rings is 2. The van der Waals surface area contributed by atoms with Crippen molar-refractivity contribution in [1.29, 1.82) is 0 Å². The molecule has 1 amide bonds. The molecule has 0 spiro atoms. The van der Waals surface area contributed by atoms with E-state index in [0.717, 1.165) is 12.1 Å². The molecule has 6 nitrogen and oxygen atoms in total. The first-order valence-electron chi connectivity index (χ1n) is 9.54. The van der Waals surface area contributed by atoms with Gasteiger partial charge in [-0.3, -0.25) is 9.79 Å². The van der Waals surface area contributed by atoms with Crippen LogP contribution >= 0.6 is 11.8 Å². The van der Waals surface area contributed by atoms with E-state index in [1.165, 1.54) is 22.9 Å². The average Bonchev–Trinajstić information content (AvgIpc) is 3.14. The summed E-state index contributed by atoms with van der Waals surface area (Å²) in [5.41, 5.74) is 3.75. The SMILES string of the molecule is Cc1cccc(CCNC(=O)c2cccc(NC3=N[C@@H]4CS(=O)(=O)C[C@H]4S3)c2)c1. The van der Waals surface area contributed by atoms with Crippen LogP contribution in [0.5, 0.6) is 0 Å². The van der Waals surface area contributed by atoms with Crippen LogP contribution in [0.3, 0.4) is 0 Å².